The minimum atomic E-state index is -0.814. The number of hydrogen-bond donors (Lipinski definition) is 1. The Morgan fingerprint density at radius 2 is 2.12 bits per heavy atom. The van der Waals surface area contributed by atoms with Crippen LogP contribution in [0.5, 0.6) is 0 Å². The molecular formula is C12H22N2O3. The summed E-state index contributed by atoms with van der Waals surface area (Å²) < 4.78 is 0. The minimum absolute atomic E-state index is 0.0416. The summed E-state index contributed by atoms with van der Waals surface area (Å²) >= 11 is 0. The lowest BCUT2D eigenvalue weighted by Crippen LogP contribution is -2.46. The molecule has 0 unspecified atom stereocenters. The van der Waals surface area contributed by atoms with Gasteiger partial charge in [-0.1, -0.05) is 0 Å². The molecule has 0 aromatic carbocycles. The lowest BCUT2D eigenvalue weighted by atomic mass is 10.2. The van der Waals surface area contributed by atoms with Crippen LogP contribution in [0, 0.1) is 0 Å². The first-order chi connectivity index (χ1) is 7.91. The van der Waals surface area contributed by atoms with Crippen LogP contribution in [0.15, 0.2) is 0 Å². The van der Waals surface area contributed by atoms with Crippen molar-refractivity contribution in [3.8, 4) is 0 Å². The molecule has 0 bridgehead atoms. The quantitative estimate of drug-likeness (QED) is 0.774. The predicted octanol–water partition coefficient (Wildman–Crippen LogP) is 0.792. The smallest absolute Gasteiger partial charge is 0.317 e. The second-order valence-corrected chi connectivity index (χ2v) is 4.93. The third-order valence-corrected chi connectivity index (χ3v) is 3.30. The molecule has 0 spiro atoms. The summed E-state index contributed by atoms with van der Waals surface area (Å²) in [6, 6.07) is 0.356. The number of amides is 1. The zero-order valence-electron chi connectivity index (χ0n) is 10.8. The lowest BCUT2D eigenvalue weighted by molar-refractivity contribution is -0.139. The first-order valence-corrected chi connectivity index (χ1v) is 6.15. The van der Waals surface area contributed by atoms with Crippen molar-refractivity contribution in [3.63, 3.8) is 0 Å². The van der Waals surface area contributed by atoms with Crippen molar-refractivity contribution in [2.45, 2.75) is 45.7 Å². The highest BCUT2D eigenvalue weighted by Gasteiger charge is 2.29. The van der Waals surface area contributed by atoms with E-state index >= 15 is 0 Å². The summed E-state index contributed by atoms with van der Waals surface area (Å²) in [7, 11) is 0. The monoisotopic (exact) mass is 242 g/mol. The molecule has 1 fully saturated rings. The van der Waals surface area contributed by atoms with E-state index in [1.807, 2.05) is 23.6 Å². The predicted molar refractivity (Wildman–Crippen MR) is 64.8 cm³/mol. The van der Waals surface area contributed by atoms with Gasteiger partial charge in [-0.3, -0.25) is 14.5 Å². The molecule has 0 aliphatic carbocycles. The van der Waals surface area contributed by atoms with Gasteiger partial charge in [0, 0.05) is 32.1 Å². The van der Waals surface area contributed by atoms with Crippen LogP contribution < -0.4 is 0 Å². The van der Waals surface area contributed by atoms with E-state index in [0.717, 1.165) is 19.4 Å². The van der Waals surface area contributed by atoms with Gasteiger partial charge in [-0.05, 0) is 26.7 Å². The van der Waals surface area contributed by atoms with E-state index in [-0.39, 0.29) is 24.5 Å². The van der Waals surface area contributed by atoms with Crippen LogP contribution in [-0.2, 0) is 9.59 Å². The van der Waals surface area contributed by atoms with Crippen LogP contribution in [-0.4, -0.2) is 58.5 Å². The molecule has 0 saturated carbocycles. The standard InChI is InChI=1S/C12H22N2O3/c1-9(2)13(8-12(16)17)7-11-5-4-6-14(11)10(3)15/h9,11H,4-8H2,1-3H3,(H,16,17)/t11-/m1/s1. The first kappa shape index (κ1) is 14.0. The fourth-order valence-electron chi connectivity index (χ4n) is 2.34. The van der Waals surface area contributed by atoms with Crippen LogP contribution in [0.1, 0.15) is 33.6 Å². The zero-order valence-corrected chi connectivity index (χ0v) is 10.8. The average Bonchev–Trinajstić information content (AvgIpc) is 2.63. The number of rotatable bonds is 5. The molecule has 1 rings (SSSR count). The van der Waals surface area contributed by atoms with E-state index in [9.17, 15) is 9.59 Å². The van der Waals surface area contributed by atoms with E-state index in [1.165, 1.54) is 0 Å². The van der Waals surface area contributed by atoms with Gasteiger partial charge in [0.15, 0.2) is 0 Å². The highest BCUT2D eigenvalue weighted by molar-refractivity contribution is 5.74. The van der Waals surface area contributed by atoms with E-state index in [4.69, 9.17) is 5.11 Å². The van der Waals surface area contributed by atoms with Crippen LogP contribution in [0.4, 0.5) is 0 Å². The van der Waals surface area contributed by atoms with E-state index in [2.05, 4.69) is 0 Å². The van der Waals surface area contributed by atoms with E-state index < -0.39 is 5.97 Å². The highest BCUT2D eigenvalue weighted by Crippen LogP contribution is 2.19. The van der Waals surface area contributed by atoms with E-state index in [0.29, 0.717) is 6.54 Å². The van der Waals surface area contributed by atoms with E-state index in [1.54, 1.807) is 6.92 Å². The van der Waals surface area contributed by atoms with Crippen molar-refractivity contribution < 1.29 is 14.7 Å². The van der Waals surface area contributed by atoms with Gasteiger partial charge in [0.05, 0.1) is 6.54 Å². The Morgan fingerprint density at radius 3 is 2.59 bits per heavy atom. The second kappa shape index (κ2) is 6.00. The number of likely N-dealkylation sites (tertiary alicyclic amines) is 1. The molecule has 0 aromatic rings. The second-order valence-electron chi connectivity index (χ2n) is 4.93. The Labute approximate surface area is 102 Å². The molecule has 1 amide bonds. The van der Waals surface area contributed by atoms with Gasteiger partial charge in [0.2, 0.25) is 5.91 Å². The molecule has 1 heterocycles. The van der Waals surface area contributed by atoms with Crippen LogP contribution in [0.25, 0.3) is 0 Å². The number of carbonyl (C=O) groups is 2. The average molecular weight is 242 g/mol. The summed E-state index contributed by atoms with van der Waals surface area (Å²) in [5, 5.41) is 8.86. The van der Waals surface area contributed by atoms with Crippen molar-refractivity contribution in [3.05, 3.63) is 0 Å². The number of hydrogen-bond acceptors (Lipinski definition) is 3. The fraction of sp³-hybridized carbons (Fsp3) is 0.833. The molecule has 1 aliphatic rings. The summed E-state index contributed by atoms with van der Waals surface area (Å²) in [6.45, 7) is 7.05. The molecule has 0 aromatic heterocycles. The largest absolute Gasteiger partial charge is 0.480 e. The maximum Gasteiger partial charge on any atom is 0.317 e. The van der Waals surface area contributed by atoms with Gasteiger partial charge in [0.25, 0.3) is 0 Å². The number of carboxylic acids is 1. The number of carboxylic acid groups (broad SMARTS) is 1. The SMILES string of the molecule is CC(=O)N1CCC[C@@H]1CN(CC(=O)O)C(C)C. The molecule has 5 nitrogen and oxygen atoms in total. The van der Waals surface area contributed by atoms with Gasteiger partial charge in [-0.2, -0.15) is 0 Å². The molecule has 1 atom stereocenters. The molecular weight excluding hydrogens is 220 g/mol. The van der Waals surface area contributed by atoms with Gasteiger partial charge in [-0.25, -0.2) is 0 Å². The molecule has 1 aliphatic heterocycles. The maximum absolute atomic E-state index is 11.4. The zero-order chi connectivity index (χ0) is 13.0. The molecule has 98 valence electrons. The first-order valence-electron chi connectivity index (χ1n) is 6.15. The highest BCUT2D eigenvalue weighted by atomic mass is 16.4. The van der Waals surface area contributed by atoms with Gasteiger partial charge in [0.1, 0.15) is 0 Å². The van der Waals surface area contributed by atoms with Crippen molar-refractivity contribution in [2.75, 3.05) is 19.6 Å². The third-order valence-electron chi connectivity index (χ3n) is 3.30. The summed E-state index contributed by atoms with van der Waals surface area (Å²) in [6.07, 6.45) is 1.99. The molecule has 1 N–H and O–H groups in total. The van der Waals surface area contributed by atoms with Crippen molar-refractivity contribution in [1.82, 2.24) is 9.80 Å². The van der Waals surface area contributed by atoms with Crippen molar-refractivity contribution in [1.29, 1.82) is 0 Å². The number of carbonyl (C=O) groups excluding carboxylic acids is 1. The van der Waals surface area contributed by atoms with Crippen LogP contribution in [0.3, 0.4) is 0 Å². The molecule has 17 heavy (non-hydrogen) atoms. The van der Waals surface area contributed by atoms with Gasteiger partial charge < -0.3 is 10.0 Å². The topological polar surface area (TPSA) is 60.9 Å². The van der Waals surface area contributed by atoms with Crippen molar-refractivity contribution >= 4 is 11.9 Å². The Morgan fingerprint density at radius 1 is 1.47 bits per heavy atom. The molecule has 1 saturated heterocycles. The fourth-order valence-corrected chi connectivity index (χ4v) is 2.34. The summed E-state index contributed by atoms with van der Waals surface area (Å²) in [4.78, 5) is 26.0. The van der Waals surface area contributed by atoms with Crippen LogP contribution >= 0.6 is 0 Å². The minimum Gasteiger partial charge on any atom is -0.480 e. The molecule has 0 radical (unpaired) electrons. The maximum atomic E-state index is 11.4. The van der Waals surface area contributed by atoms with Crippen molar-refractivity contribution in [2.24, 2.45) is 0 Å². The number of aliphatic carboxylic acids is 1. The Bertz CT molecular complexity index is 291. The number of nitrogens with zero attached hydrogens (tertiary/aromatic N) is 2. The van der Waals surface area contributed by atoms with Gasteiger partial charge in [-0.15, -0.1) is 0 Å². The Balaban J connectivity index is 2.59. The normalized spacial score (nSPS) is 20.3. The Kier molecular flexibility index (Phi) is 4.93. The third kappa shape index (κ3) is 4.00. The molecule has 5 heteroatoms. The van der Waals surface area contributed by atoms with Gasteiger partial charge >= 0.3 is 5.97 Å². The summed E-state index contributed by atoms with van der Waals surface area (Å²) in [5.74, 6) is -0.724. The lowest BCUT2D eigenvalue weighted by Gasteiger charge is -2.31. The Hall–Kier alpha value is -1.10. The summed E-state index contributed by atoms with van der Waals surface area (Å²) in [5.41, 5.74) is 0. The van der Waals surface area contributed by atoms with Crippen LogP contribution in [0.2, 0.25) is 0 Å².